The van der Waals surface area contributed by atoms with E-state index < -0.39 is 28.3 Å². The van der Waals surface area contributed by atoms with Crippen LogP contribution in [-0.2, 0) is 15.1 Å². The summed E-state index contributed by atoms with van der Waals surface area (Å²) in [5.74, 6) is -1.50. The number of nitrogens with zero attached hydrogens (tertiary/aromatic N) is 3. The van der Waals surface area contributed by atoms with Crippen molar-refractivity contribution in [1.82, 2.24) is 15.3 Å². The summed E-state index contributed by atoms with van der Waals surface area (Å²) >= 11 is 0. The summed E-state index contributed by atoms with van der Waals surface area (Å²) in [6, 6.07) is 6.33. The Morgan fingerprint density at radius 3 is 2.67 bits per heavy atom. The van der Waals surface area contributed by atoms with Crippen LogP contribution in [0.25, 0.3) is 0 Å². The van der Waals surface area contributed by atoms with E-state index in [2.05, 4.69) is 15.3 Å². The number of methoxy groups -OCH3 is 1. The van der Waals surface area contributed by atoms with E-state index in [0.717, 1.165) is 11.3 Å². The number of hydrogen-bond acceptors (Lipinski definition) is 7. The second-order valence-electron chi connectivity index (χ2n) is 6.68. The number of carbonyl (C=O) groups is 1. The third-order valence-electron chi connectivity index (χ3n) is 4.95. The highest BCUT2D eigenvalue weighted by Crippen LogP contribution is 2.44. The first-order chi connectivity index (χ1) is 12.9. The molecule has 8 nitrogen and oxygen atoms in total. The number of rotatable bonds is 4. The monoisotopic (exact) mass is 368 g/mol. The molecular formula is C19H20N4O4. The molecule has 0 aliphatic carbocycles. The number of carbonyl (C=O) groups excluding carboxylic acids is 1. The molecule has 1 aliphatic rings. The van der Waals surface area contributed by atoms with Crippen LogP contribution in [0.2, 0.25) is 0 Å². The van der Waals surface area contributed by atoms with Crippen molar-refractivity contribution >= 4 is 11.7 Å². The lowest BCUT2D eigenvalue weighted by Gasteiger charge is -2.44. The molecule has 1 aromatic carbocycles. The van der Waals surface area contributed by atoms with Crippen molar-refractivity contribution in [2.75, 3.05) is 7.11 Å². The fourth-order valence-corrected chi connectivity index (χ4v) is 3.72. The predicted molar refractivity (Wildman–Crippen MR) is 97.6 cm³/mol. The molecular weight excluding hydrogens is 348 g/mol. The van der Waals surface area contributed by atoms with Crippen LogP contribution < -0.4 is 5.32 Å². The highest BCUT2D eigenvalue weighted by atomic mass is 16.6. The van der Waals surface area contributed by atoms with Gasteiger partial charge >= 0.3 is 5.97 Å². The minimum atomic E-state index is -0.845. The largest absolute Gasteiger partial charge is 0.469 e. The van der Waals surface area contributed by atoms with E-state index in [1.807, 2.05) is 19.9 Å². The molecule has 140 valence electrons. The van der Waals surface area contributed by atoms with Crippen molar-refractivity contribution in [3.63, 3.8) is 0 Å². The quantitative estimate of drug-likeness (QED) is 0.502. The third-order valence-corrected chi connectivity index (χ3v) is 4.95. The van der Waals surface area contributed by atoms with E-state index in [1.54, 1.807) is 24.5 Å². The van der Waals surface area contributed by atoms with Gasteiger partial charge in [-0.25, -0.2) is 9.97 Å². The van der Waals surface area contributed by atoms with Crippen LogP contribution in [0.1, 0.15) is 30.9 Å². The number of esters is 1. The molecule has 1 N–H and O–H groups in total. The van der Waals surface area contributed by atoms with Gasteiger partial charge in [0, 0.05) is 41.7 Å². The summed E-state index contributed by atoms with van der Waals surface area (Å²) in [5.41, 5.74) is 1.37. The average Bonchev–Trinajstić information content (AvgIpc) is 2.67. The van der Waals surface area contributed by atoms with Crippen LogP contribution in [0.5, 0.6) is 0 Å². The van der Waals surface area contributed by atoms with Gasteiger partial charge in [0.15, 0.2) is 0 Å². The Hall–Kier alpha value is -3.29. The second-order valence-corrected chi connectivity index (χ2v) is 6.68. The van der Waals surface area contributed by atoms with Gasteiger partial charge in [0.05, 0.1) is 23.5 Å². The maximum absolute atomic E-state index is 12.8. The van der Waals surface area contributed by atoms with Gasteiger partial charge in [-0.3, -0.25) is 14.9 Å². The lowest BCUT2D eigenvalue weighted by Crippen LogP contribution is -2.53. The fraction of sp³-hybridized carbons (Fsp3) is 0.316. The molecule has 0 bridgehead atoms. The number of non-ortho nitro benzene ring substituents is 1. The number of benzene rings is 1. The van der Waals surface area contributed by atoms with E-state index in [0.29, 0.717) is 5.56 Å². The van der Waals surface area contributed by atoms with Gasteiger partial charge < -0.3 is 10.1 Å². The zero-order valence-electron chi connectivity index (χ0n) is 15.2. The van der Waals surface area contributed by atoms with Crippen molar-refractivity contribution in [3.05, 3.63) is 76.0 Å². The molecule has 0 radical (unpaired) electrons. The molecule has 0 saturated carbocycles. The second kappa shape index (κ2) is 7.14. The van der Waals surface area contributed by atoms with Gasteiger partial charge in [-0.15, -0.1) is 0 Å². The molecule has 1 aromatic heterocycles. The summed E-state index contributed by atoms with van der Waals surface area (Å²) in [7, 11) is 1.33. The first-order valence-electron chi connectivity index (χ1n) is 8.41. The summed E-state index contributed by atoms with van der Waals surface area (Å²) in [6.07, 6.45) is 6.62. The minimum absolute atomic E-state index is 0.0227. The highest BCUT2D eigenvalue weighted by Gasteiger charge is 2.49. The van der Waals surface area contributed by atoms with Gasteiger partial charge in [0.2, 0.25) is 0 Å². The zero-order chi connectivity index (χ0) is 19.6. The number of nitro groups is 1. The molecule has 0 saturated heterocycles. The molecule has 8 heteroatoms. The van der Waals surface area contributed by atoms with E-state index in [4.69, 9.17) is 4.74 Å². The van der Waals surface area contributed by atoms with E-state index >= 15 is 0 Å². The van der Waals surface area contributed by atoms with Crippen LogP contribution in [0.3, 0.4) is 0 Å². The summed E-state index contributed by atoms with van der Waals surface area (Å²) in [6.45, 7) is 3.77. The predicted octanol–water partition coefficient (Wildman–Crippen LogP) is 2.68. The number of hydrogen-bond donors (Lipinski definition) is 1. The topological polar surface area (TPSA) is 107 Å². The molecule has 0 amide bonds. The smallest absolute Gasteiger partial charge is 0.312 e. The Balaban J connectivity index is 2.17. The Morgan fingerprint density at radius 1 is 1.33 bits per heavy atom. The first-order valence-corrected chi connectivity index (χ1v) is 8.41. The molecule has 1 aliphatic heterocycles. The maximum Gasteiger partial charge on any atom is 0.312 e. The van der Waals surface area contributed by atoms with Crippen LogP contribution in [0, 0.1) is 16.0 Å². The minimum Gasteiger partial charge on any atom is -0.469 e. The van der Waals surface area contributed by atoms with Gasteiger partial charge in [0.25, 0.3) is 5.69 Å². The molecule has 0 spiro atoms. The molecule has 0 fully saturated rings. The number of aromatic nitrogens is 2. The Morgan fingerprint density at radius 2 is 2.04 bits per heavy atom. The van der Waals surface area contributed by atoms with Gasteiger partial charge in [-0.05, 0) is 19.4 Å². The van der Waals surface area contributed by atoms with Gasteiger partial charge in [0.1, 0.15) is 6.33 Å². The normalized spacial score (nSPS) is 24.5. The molecule has 27 heavy (non-hydrogen) atoms. The van der Waals surface area contributed by atoms with E-state index in [1.165, 1.54) is 25.6 Å². The van der Waals surface area contributed by atoms with Crippen molar-refractivity contribution in [2.45, 2.75) is 25.3 Å². The SMILES string of the molecule is COC(=O)C1C(c2cccc([N+](=O)[O-])c2)C=C(C)NC1(C)c1cncnc1. The highest BCUT2D eigenvalue weighted by molar-refractivity contribution is 5.77. The molecule has 3 unspecified atom stereocenters. The van der Waals surface area contributed by atoms with Crippen molar-refractivity contribution in [1.29, 1.82) is 0 Å². The van der Waals surface area contributed by atoms with E-state index in [-0.39, 0.29) is 5.69 Å². The van der Waals surface area contributed by atoms with Crippen molar-refractivity contribution in [2.24, 2.45) is 5.92 Å². The molecule has 2 aromatic rings. The average molecular weight is 368 g/mol. The maximum atomic E-state index is 12.8. The lowest BCUT2D eigenvalue weighted by molar-refractivity contribution is -0.384. The first kappa shape index (κ1) is 18.5. The summed E-state index contributed by atoms with van der Waals surface area (Å²) < 4.78 is 5.09. The van der Waals surface area contributed by atoms with Gasteiger partial charge in [-0.2, -0.15) is 0 Å². The van der Waals surface area contributed by atoms with Crippen LogP contribution in [-0.4, -0.2) is 28.0 Å². The Bertz CT molecular complexity index is 900. The third kappa shape index (κ3) is 3.38. The standard InChI is InChI=1S/C19H20N4O4/c1-12-7-16(13-5-4-6-15(8-13)23(25)26)17(18(24)27-3)19(2,22-12)14-9-20-11-21-10-14/h4-11,16-17,22H,1-3H3. The number of ether oxygens (including phenoxy) is 1. The van der Waals surface area contributed by atoms with Crippen LogP contribution in [0.4, 0.5) is 5.69 Å². The Labute approximate surface area is 156 Å². The zero-order valence-corrected chi connectivity index (χ0v) is 15.2. The van der Waals surface area contributed by atoms with Crippen LogP contribution in [0.15, 0.2) is 54.8 Å². The fourth-order valence-electron chi connectivity index (χ4n) is 3.72. The number of nitro benzene ring substituents is 1. The lowest BCUT2D eigenvalue weighted by atomic mass is 9.68. The van der Waals surface area contributed by atoms with Crippen molar-refractivity contribution in [3.8, 4) is 0 Å². The molecule has 3 atom stereocenters. The van der Waals surface area contributed by atoms with Crippen LogP contribution >= 0.6 is 0 Å². The Kier molecular flexibility index (Phi) is 4.89. The van der Waals surface area contributed by atoms with E-state index in [9.17, 15) is 14.9 Å². The number of allylic oxidation sites excluding steroid dienone is 2. The van der Waals surface area contributed by atoms with Gasteiger partial charge in [-0.1, -0.05) is 18.2 Å². The number of nitrogens with one attached hydrogen (secondary N) is 1. The summed E-state index contributed by atoms with van der Waals surface area (Å²) in [4.78, 5) is 31.7. The molecule has 3 rings (SSSR count). The molecule has 2 heterocycles. The summed E-state index contributed by atoms with van der Waals surface area (Å²) in [5, 5.41) is 14.5. The van der Waals surface area contributed by atoms with Crippen molar-refractivity contribution < 1.29 is 14.5 Å².